The third kappa shape index (κ3) is 8.58. The molecule has 2 amide bonds. The zero-order valence-corrected chi connectivity index (χ0v) is 25.0. The van der Waals surface area contributed by atoms with E-state index in [1.54, 1.807) is 91.0 Å². The van der Waals surface area contributed by atoms with Gasteiger partial charge in [0.1, 0.15) is 23.8 Å². The molecule has 0 spiro atoms. The van der Waals surface area contributed by atoms with Crippen LogP contribution in [0.1, 0.15) is 12.5 Å². The van der Waals surface area contributed by atoms with Gasteiger partial charge in [0.15, 0.2) is 6.61 Å². The molecule has 0 aromatic heterocycles. The zero-order chi connectivity index (χ0) is 31.4. The molecule has 4 rings (SSSR count). The van der Waals surface area contributed by atoms with Crippen LogP contribution in [0, 0.1) is 0 Å². The van der Waals surface area contributed by atoms with Crippen molar-refractivity contribution in [3.63, 3.8) is 0 Å². The third-order valence-electron chi connectivity index (χ3n) is 6.09. The lowest BCUT2D eigenvalue weighted by Crippen LogP contribution is -2.39. The van der Waals surface area contributed by atoms with Crippen LogP contribution in [0.5, 0.6) is 17.2 Å². The fourth-order valence-electron chi connectivity index (χ4n) is 3.99. The van der Waals surface area contributed by atoms with Crippen molar-refractivity contribution in [3.05, 3.63) is 109 Å². The standard InChI is InChI=1S/C32H32N4O7S/c1-3-42-26-17-19-28(20-18-26)44(39,40)36(25-9-5-4-6-10-25)22-31(37)35-33-21-24-13-15-27(16-14-24)43-23-32(38)34-29-11-7-8-12-30(29)41-2/h4-21H,3,22-23H2,1-2H3,(H,34,38)(H,35,37)/b33-21-. The molecule has 228 valence electrons. The predicted molar refractivity (Wildman–Crippen MR) is 168 cm³/mol. The van der Waals surface area contributed by atoms with Crippen molar-refractivity contribution in [1.29, 1.82) is 0 Å². The fraction of sp³-hybridized carbons (Fsp3) is 0.156. The molecule has 4 aromatic carbocycles. The summed E-state index contributed by atoms with van der Waals surface area (Å²) in [4.78, 5) is 25.1. The van der Waals surface area contributed by atoms with Crippen molar-refractivity contribution < 1.29 is 32.2 Å². The maximum absolute atomic E-state index is 13.5. The highest BCUT2D eigenvalue weighted by Gasteiger charge is 2.27. The Bertz CT molecular complexity index is 1680. The Kier molecular flexibility index (Phi) is 10.9. The Morgan fingerprint density at radius 2 is 1.45 bits per heavy atom. The minimum Gasteiger partial charge on any atom is -0.495 e. The number of anilines is 2. The summed E-state index contributed by atoms with van der Waals surface area (Å²) in [6.07, 6.45) is 1.41. The van der Waals surface area contributed by atoms with Crippen molar-refractivity contribution in [2.24, 2.45) is 5.10 Å². The Hall–Kier alpha value is -5.36. The highest BCUT2D eigenvalue weighted by atomic mass is 32.2. The van der Waals surface area contributed by atoms with E-state index in [0.717, 1.165) is 4.31 Å². The summed E-state index contributed by atoms with van der Waals surface area (Å²) in [5.74, 6) is 0.550. The van der Waals surface area contributed by atoms with Gasteiger partial charge < -0.3 is 19.5 Å². The van der Waals surface area contributed by atoms with Crippen molar-refractivity contribution >= 4 is 39.4 Å². The third-order valence-corrected chi connectivity index (χ3v) is 7.88. The second-order valence-electron chi connectivity index (χ2n) is 9.15. The van der Waals surface area contributed by atoms with Gasteiger partial charge in [-0.25, -0.2) is 13.8 Å². The van der Waals surface area contributed by atoms with Crippen LogP contribution in [0.15, 0.2) is 113 Å². The highest BCUT2D eigenvalue weighted by Crippen LogP contribution is 2.25. The number of rotatable bonds is 14. The first-order valence-electron chi connectivity index (χ1n) is 13.6. The van der Waals surface area contributed by atoms with Gasteiger partial charge in [-0.05, 0) is 85.3 Å². The molecule has 0 unspecified atom stereocenters. The summed E-state index contributed by atoms with van der Waals surface area (Å²) < 4.78 is 44.2. The summed E-state index contributed by atoms with van der Waals surface area (Å²) in [6.45, 7) is 1.58. The molecule has 0 bridgehead atoms. The molecule has 0 saturated carbocycles. The largest absolute Gasteiger partial charge is 0.495 e. The van der Waals surface area contributed by atoms with E-state index in [4.69, 9.17) is 14.2 Å². The van der Waals surface area contributed by atoms with E-state index in [-0.39, 0.29) is 17.4 Å². The van der Waals surface area contributed by atoms with Gasteiger partial charge in [-0.3, -0.25) is 13.9 Å². The Morgan fingerprint density at radius 1 is 0.818 bits per heavy atom. The van der Waals surface area contributed by atoms with Crippen molar-refractivity contribution in [1.82, 2.24) is 5.43 Å². The van der Waals surface area contributed by atoms with Gasteiger partial charge in [-0.1, -0.05) is 30.3 Å². The summed E-state index contributed by atoms with van der Waals surface area (Å²) in [7, 11) is -2.56. The van der Waals surface area contributed by atoms with Crippen LogP contribution in [0.4, 0.5) is 11.4 Å². The van der Waals surface area contributed by atoms with E-state index in [0.29, 0.717) is 40.8 Å². The molecule has 0 atom stereocenters. The normalized spacial score (nSPS) is 11.0. The highest BCUT2D eigenvalue weighted by molar-refractivity contribution is 7.92. The number of amides is 2. The van der Waals surface area contributed by atoms with Crippen molar-refractivity contribution in [3.8, 4) is 17.2 Å². The van der Waals surface area contributed by atoms with Crippen molar-refractivity contribution in [2.75, 3.05) is 36.5 Å². The van der Waals surface area contributed by atoms with E-state index in [9.17, 15) is 18.0 Å². The molecule has 0 aliphatic rings. The number of carbonyl (C=O) groups excluding carboxylic acids is 2. The molecule has 44 heavy (non-hydrogen) atoms. The van der Waals surface area contributed by atoms with E-state index in [1.165, 1.54) is 25.5 Å². The first-order valence-corrected chi connectivity index (χ1v) is 15.0. The van der Waals surface area contributed by atoms with Crippen LogP contribution in [-0.2, 0) is 19.6 Å². The molecule has 12 heteroatoms. The molecule has 0 saturated heterocycles. The Balaban J connectivity index is 1.34. The van der Waals surface area contributed by atoms with Gasteiger partial charge in [0.25, 0.3) is 21.8 Å². The first kappa shape index (κ1) is 31.6. The second kappa shape index (κ2) is 15.2. The van der Waals surface area contributed by atoms with E-state index < -0.39 is 22.5 Å². The lowest BCUT2D eigenvalue weighted by Gasteiger charge is -2.23. The van der Waals surface area contributed by atoms with Gasteiger partial charge in [0, 0.05) is 0 Å². The number of para-hydroxylation sites is 3. The quantitative estimate of drug-likeness (QED) is 0.158. The maximum Gasteiger partial charge on any atom is 0.264 e. The molecule has 0 radical (unpaired) electrons. The Labute approximate surface area is 256 Å². The summed E-state index contributed by atoms with van der Waals surface area (Å²) in [5.41, 5.74) is 3.88. The van der Waals surface area contributed by atoms with E-state index >= 15 is 0 Å². The van der Waals surface area contributed by atoms with Crippen LogP contribution in [-0.4, -0.2) is 53.3 Å². The van der Waals surface area contributed by atoms with Gasteiger partial charge in [0.2, 0.25) is 0 Å². The molecular weight excluding hydrogens is 584 g/mol. The van der Waals surface area contributed by atoms with Gasteiger partial charge >= 0.3 is 0 Å². The number of nitrogens with one attached hydrogen (secondary N) is 2. The minimum absolute atomic E-state index is 0.0145. The van der Waals surface area contributed by atoms with Crippen molar-refractivity contribution in [2.45, 2.75) is 11.8 Å². The minimum atomic E-state index is -4.08. The number of hydrazone groups is 1. The zero-order valence-electron chi connectivity index (χ0n) is 24.2. The average Bonchev–Trinajstić information content (AvgIpc) is 3.04. The van der Waals surface area contributed by atoms with Gasteiger partial charge in [0.05, 0.1) is 36.2 Å². The average molecular weight is 617 g/mol. The molecule has 11 nitrogen and oxygen atoms in total. The number of hydrogen-bond acceptors (Lipinski definition) is 8. The van der Waals surface area contributed by atoms with Gasteiger partial charge in [-0.2, -0.15) is 5.10 Å². The SMILES string of the molecule is CCOc1ccc(S(=O)(=O)N(CC(=O)N/N=C\c2ccc(OCC(=O)Nc3ccccc3OC)cc2)c2ccccc2)cc1. The first-order chi connectivity index (χ1) is 21.3. The molecular formula is C32H32N4O7S. The molecule has 0 aliphatic carbocycles. The second-order valence-corrected chi connectivity index (χ2v) is 11.0. The lowest BCUT2D eigenvalue weighted by atomic mass is 10.2. The number of sulfonamides is 1. The number of benzene rings is 4. The predicted octanol–water partition coefficient (Wildman–Crippen LogP) is 4.46. The Morgan fingerprint density at radius 3 is 2.14 bits per heavy atom. The smallest absolute Gasteiger partial charge is 0.264 e. The summed E-state index contributed by atoms with van der Waals surface area (Å²) in [6, 6.07) is 28.1. The molecule has 0 fully saturated rings. The maximum atomic E-state index is 13.5. The van der Waals surface area contributed by atoms with Crippen LogP contribution in [0.2, 0.25) is 0 Å². The van der Waals surface area contributed by atoms with E-state index in [2.05, 4.69) is 15.8 Å². The fourth-order valence-corrected chi connectivity index (χ4v) is 5.41. The number of hydrogen-bond donors (Lipinski definition) is 2. The number of ether oxygens (including phenoxy) is 3. The van der Waals surface area contributed by atoms with Crippen LogP contribution in [0.25, 0.3) is 0 Å². The van der Waals surface area contributed by atoms with Crippen LogP contribution >= 0.6 is 0 Å². The number of carbonyl (C=O) groups is 2. The monoisotopic (exact) mass is 616 g/mol. The van der Waals surface area contributed by atoms with E-state index in [1.807, 2.05) is 6.92 Å². The number of nitrogens with zero attached hydrogens (tertiary/aromatic N) is 2. The summed E-state index contributed by atoms with van der Waals surface area (Å²) >= 11 is 0. The molecule has 0 aliphatic heterocycles. The topological polar surface area (TPSA) is 136 Å². The lowest BCUT2D eigenvalue weighted by molar-refractivity contribution is -0.119. The van der Waals surface area contributed by atoms with Crippen LogP contribution in [0.3, 0.4) is 0 Å². The molecule has 2 N–H and O–H groups in total. The summed E-state index contributed by atoms with van der Waals surface area (Å²) in [5, 5.41) is 6.70. The number of methoxy groups -OCH3 is 1. The van der Waals surface area contributed by atoms with Gasteiger partial charge in [-0.15, -0.1) is 0 Å². The van der Waals surface area contributed by atoms with Crippen LogP contribution < -0.4 is 29.3 Å². The molecule has 0 heterocycles. The molecule has 4 aromatic rings.